The summed E-state index contributed by atoms with van der Waals surface area (Å²) >= 11 is 0. The largest absolute Gasteiger partial charge is 0.493 e. The number of imidazole rings is 1. The van der Waals surface area contributed by atoms with E-state index in [1.54, 1.807) is 26.4 Å². The summed E-state index contributed by atoms with van der Waals surface area (Å²) in [5.74, 6) is 0.508. The standard InChI is InChI=1S/C26H29FN8O3/c1-37-22-8-7-17(11-23(22)38-2)31-20-12-24(32-16-5-3-15(28)4-6-16)34-35-21(14-30-25(20)35)26(36)33-19-9-10-29-13-18(19)27/h7-16,31H,3-6,28H2,1-2H3,(H,32,34)(H,29,33,36). The average Bonchev–Trinajstić information content (AvgIpc) is 3.35. The Labute approximate surface area is 218 Å². The molecule has 38 heavy (non-hydrogen) atoms. The van der Waals surface area contributed by atoms with Gasteiger partial charge in [0, 0.05) is 36.1 Å². The molecule has 1 amide bonds. The number of methoxy groups -OCH3 is 2. The van der Waals surface area contributed by atoms with Crippen molar-refractivity contribution >= 4 is 34.4 Å². The number of hydrogen-bond acceptors (Lipinski definition) is 9. The molecule has 1 aromatic carbocycles. The fourth-order valence-electron chi connectivity index (χ4n) is 4.49. The van der Waals surface area contributed by atoms with Gasteiger partial charge in [-0.25, -0.2) is 13.9 Å². The number of carbonyl (C=O) groups is 1. The molecule has 1 fully saturated rings. The lowest BCUT2D eigenvalue weighted by Gasteiger charge is -2.27. The summed E-state index contributed by atoms with van der Waals surface area (Å²) in [6, 6.07) is 9.07. The van der Waals surface area contributed by atoms with Crippen molar-refractivity contribution in [1.29, 1.82) is 0 Å². The molecule has 0 spiro atoms. The summed E-state index contributed by atoms with van der Waals surface area (Å²) in [6.45, 7) is 0. The van der Waals surface area contributed by atoms with Crippen LogP contribution in [0.1, 0.15) is 36.2 Å². The monoisotopic (exact) mass is 520 g/mol. The van der Waals surface area contributed by atoms with Crippen molar-refractivity contribution in [3.63, 3.8) is 0 Å². The molecular weight excluding hydrogens is 491 g/mol. The smallest absolute Gasteiger partial charge is 0.276 e. The highest BCUT2D eigenvalue weighted by Gasteiger charge is 2.22. The van der Waals surface area contributed by atoms with E-state index in [0.29, 0.717) is 28.7 Å². The van der Waals surface area contributed by atoms with Crippen LogP contribution < -0.4 is 31.2 Å². The Morgan fingerprint density at radius 2 is 1.84 bits per heavy atom. The van der Waals surface area contributed by atoms with Crippen LogP contribution in [0.5, 0.6) is 11.5 Å². The third kappa shape index (κ3) is 5.30. The van der Waals surface area contributed by atoms with Crippen molar-refractivity contribution < 1.29 is 18.7 Å². The van der Waals surface area contributed by atoms with E-state index < -0.39 is 11.7 Å². The normalized spacial score (nSPS) is 17.2. The highest BCUT2D eigenvalue weighted by atomic mass is 19.1. The van der Waals surface area contributed by atoms with Crippen LogP contribution in [0, 0.1) is 5.82 Å². The van der Waals surface area contributed by atoms with Gasteiger partial charge in [0.25, 0.3) is 5.91 Å². The van der Waals surface area contributed by atoms with Crippen LogP contribution in [0.4, 0.5) is 27.3 Å². The Balaban J connectivity index is 1.51. The molecule has 4 aromatic rings. The van der Waals surface area contributed by atoms with Gasteiger partial charge in [-0.05, 0) is 43.9 Å². The Morgan fingerprint density at radius 1 is 1.05 bits per heavy atom. The van der Waals surface area contributed by atoms with Crippen molar-refractivity contribution in [2.45, 2.75) is 37.8 Å². The number of anilines is 4. The lowest BCUT2D eigenvalue weighted by Crippen LogP contribution is -2.33. The Morgan fingerprint density at radius 3 is 2.58 bits per heavy atom. The number of halogens is 1. The number of benzene rings is 1. The molecule has 11 nitrogen and oxygen atoms in total. The number of pyridine rings is 1. The highest BCUT2D eigenvalue weighted by Crippen LogP contribution is 2.33. The molecule has 12 heteroatoms. The van der Waals surface area contributed by atoms with Crippen molar-refractivity contribution in [3.05, 3.63) is 60.4 Å². The lowest BCUT2D eigenvalue weighted by molar-refractivity contribution is 0.102. The second-order valence-electron chi connectivity index (χ2n) is 9.08. The predicted octanol–water partition coefficient (Wildman–Crippen LogP) is 3.96. The molecule has 5 rings (SSSR count). The maximum atomic E-state index is 14.1. The van der Waals surface area contributed by atoms with Gasteiger partial charge in [-0.2, -0.15) is 0 Å². The molecule has 0 saturated heterocycles. The van der Waals surface area contributed by atoms with Crippen molar-refractivity contribution in [2.24, 2.45) is 5.73 Å². The number of rotatable bonds is 8. The van der Waals surface area contributed by atoms with Gasteiger partial charge >= 0.3 is 0 Å². The number of carbonyl (C=O) groups excluding carboxylic acids is 1. The topological polar surface area (TPSA) is 141 Å². The molecule has 198 valence electrons. The summed E-state index contributed by atoms with van der Waals surface area (Å²) < 4.78 is 26.3. The maximum Gasteiger partial charge on any atom is 0.276 e. The van der Waals surface area contributed by atoms with E-state index in [2.05, 4.69) is 31.0 Å². The number of ether oxygens (including phenoxy) is 2. The number of aromatic nitrogens is 4. The Bertz CT molecular complexity index is 1450. The molecule has 3 heterocycles. The Hall–Kier alpha value is -4.45. The van der Waals surface area contributed by atoms with Crippen LogP contribution in [-0.4, -0.2) is 51.8 Å². The molecule has 5 N–H and O–H groups in total. The van der Waals surface area contributed by atoms with E-state index in [-0.39, 0.29) is 23.5 Å². The molecule has 0 radical (unpaired) electrons. The van der Waals surface area contributed by atoms with Crippen LogP contribution in [0.3, 0.4) is 0 Å². The third-order valence-electron chi connectivity index (χ3n) is 6.51. The van der Waals surface area contributed by atoms with Crippen LogP contribution in [0.15, 0.2) is 48.9 Å². The summed E-state index contributed by atoms with van der Waals surface area (Å²) in [7, 11) is 3.14. The average molecular weight is 521 g/mol. The number of fused-ring (bicyclic) bond motifs is 1. The summed E-state index contributed by atoms with van der Waals surface area (Å²) in [5.41, 5.74) is 7.96. The van der Waals surface area contributed by atoms with E-state index in [1.807, 2.05) is 12.1 Å². The molecule has 0 atom stereocenters. The molecule has 3 aromatic heterocycles. The number of hydrogen-bond donors (Lipinski definition) is 4. The van der Waals surface area contributed by atoms with Gasteiger partial charge < -0.3 is 31.2 Å². The van der Waals surface area contributed by atoms with E-state index in [4.69, 9.17) is 15.2 Å². The molecule has 0 bridgehead atoms. The van der Waals surface area contributed by atoms with Crippen LogP contribution in [-0.2, 0) is 0 Å². The molecule has 1 aliphatic carbocycles. The number of nitrogens with one attached hydrogen (secondary N) is 3. The molecule has 0 aliphatic heterocycles. The van der Waals surface area contributed by atoms with Gasteiger partial charge in [0.05, 0.1) is 38.0 Å². The van der Waals surface area contributed by atoms with Gasteiger partial charge in [-0.3, -0.25) is 9.78 Å². The van der Waals surface area contributed by atoms with Gasteiger partial charge in [0.1, 0.15) is 5.82 Å². The zero-order chi connectivity index (χ0) is 26.6. The summed E-state index contributed by atoms with van der Waals surface area (Å²) in [5, 5.41) is 14.0. The predicted molar refractivity (Wildman–Crippen MR) is 142 cm³/mol. The Kier molecular flexibility index (Phi) is 7.22. The van der Waals surface area contributed by atoms with Crippen molar-refractivity contribution in [2.75, 3.05) is 30.2 Å². The molecular formula is C26H29FN8O3. The van der Waals surface area contributed by atoms with Gasteiger partial charge in [0.15, 0.2) is 28.7 Å². The van der Waals surface area contributed by atoms with Crippen LogP contribution in [0.2, 0.25) is 0 Å². The van der Waals surface area contributed by atoms with E-state index in [9.17, 15) is 9.18 Å². The first-order chi connectivity index (χ1) is 18.4. The molecule has 1 saturated carbocycles. The quantitative estimate of drug-likeness (QED) is 0.272. The van der Waals surface area contributed by atoms with Crippen LogP contribution in [0.25, 0.3) is 5.65 Å². The second-order valence-corrected chi connectivity index (χ2v) is 9.08. The maximum absolute atomic E-state index is 14.1. The number of amides is 1. The fraction of sp³-hybridized carbons (Fsp3) is 0.308. The second kappa shape index (κ2) is 10.9. The third-order valence-corrected chi connectivity index (χ3v) is 6.51. The van der Waals surface area contributed by atoms with Crippen molar-refractivity contribution in [1.82, 2.24) is 19.6 Å². The number of nitrogens with two attached hydrogens (primary N) is 1. The zero-order valence-corrected chi connectivity index (χ0v) is 21.1. The zero-order valence-electron chi connectivity index (χ0n) is 21.1. The van der Waals surface area contributed by atoms with Crippen LogP contribution >= 0.6 is 0 Å². The van der Waals surface area contributed by atoms with Crippen molar-refractivity contribution in [3.8, 4) is 11.5 Å². The minimum atomic E-state index is -0.642. The first-order valence-electron chi connectivity index (χ1n) is 12.3. The van der Waals surface area contributed by atoms with Gasteiger partial charge in [-0.1, -0.05) is 0 Å². The SMILES string of the molecule is COc1ccc(Nc2cc(NC3CCC(N)CC3)nn3c(C(=O)Nc4ccncc4F)cnc23)cc1OC. The van der Waals surface area contributed by atoms with E-state index in [1.165, 1.54) is 23.0 Å². The fourth-order valence-corrected chi connectivity index (χ4v) is 4.49. The molecule has 1 aliphatic rings. The lowest BCUT2D eigenvalue weighted by atomic mass is 9.92. The first-order valence-corrected chi connectivity index (χ1v) is 12.3. The number of nitrogens with zero attached hydrogens (tertiary/aromatic N) is 4. The van der Waals surface area contributed by atoms with E-state index >= 15 is 0 Å². The minimum absolute atomic E-state index is 0.0106. The molecule has 0 unspecified atom stereocenters. The first kappa shape index (κ1) is 25.2. The minimum Gasteiger partial charge on any atom is -0.493 e. The summed E-state index contributed by atoms with van der Waals surface area (Å²) in [6.07, 6.45) is 7.51. The van der Waals surface area contributed by atoms with Gasteiger partial charge in [-0.15, -0.1) is 5.10 Å². The van der Waals surface area contributed by atoms with E-state index in [0.717, 1.165) is 37.6 Å². The highest BCUT2D eigenvalue weighted by molar-refractivity contribution is 6.03. The van der Waals surface area contributed by atoms with Gasteiger partial charge in [0.2, 0.25) is 0 Å². The summed E-state index contributed by atoms with van der Waals surface area (Å²) in [4.78, 5) is 21.3.